The number of methoxy groups -OCH3 is 1. The molecule has 0 saturated carbocycles. The lowest BCUT2D eigenvalue weighted by Crippen LogP contribution is -2.59. The van der Waals surface area contributed by atoms with Gasteiger partial charge >= 0.3 is 30.0 Å². The van der Waals surface area contributed by atoms with Gasteiger partial charge in [0.15, 0.2) is 0 Å². The van der Waals surface area contributed by atoms with Crippen LogP contribution in [0, 0.1) is 18.3 Å². The minimum Gasteiger partial charge on any atom is -0.449 e. The van der Waals surface area contributed by atoms with Gasteiger partial charge in [-0.05, 0) is 43.2 Å². The van der Waals surface area contributed by atoms with Crippen LogP contribution in [-0.2, 0) is 21.7 Å². The van der Waals surface area contributed by atoms with Crippen molar-refractivity contribution in [2.75, 3.05) is 29.7 Å². The molecule has 0 heterocycles. The summed E-state index contributed by atoms with van der Waals surface area (Å²) < 4.78 is 132. The van der Waals surface area contributed by atoms with Gasteiger partial charge in [0.2, 0.25) is 0 Å². The SMILES string of the molecule is COCc1cc(C(F)(C(F)(F)F)C(F)(F)C(F)(F)F)cc(C)c1NC(=O)c1ccc(C#N)c(NC(=O)OCCCBr)c1. The second-order valence-electron chi connectivity index (χ2n) is 8.62. The number of rotatable bonds is 10. The summed E-state index contributed by atoms with van der Waals surface area (Å²) in [6.07, 6.45) is -14.1. The molecule has 2 aromatic rings. The van der Waals surface area contributed by atoms with Crippen LogP contribution in [0.5, 0.6) is 0 Å². The van der Waals surface area contributed by atoms with Gasteiger partial charge in [0.25, 0.3) is 5.91 Å². The summed E-state index contributed by atoms with van der Waals surface area (Å²) >= 11 is 3.15. The van der Waals surface area contributed by atoms with Crippen LogP contribution in [0.2, 0.25) is 0 Å². The number of hydrogen-bond acceptors (Lipinski definition) is 5. The van der Waals surface area contributed by atoms with Gasteiger partial charge in [0.05, 0.1) is 24.5 Å². The number of carbonyl (C=O) groups excluding carboxylic acids is 2. The summed E-state index contributed by atoms with van der Waals surface area (Å²) in [5.41, 5.74) is -10.2. The highest BCUT2D eigenvalue weighted by atomic mass is 79.9. The molecule has 230 valence electrons. The van der Waals surface area contributed by atoms with Gasteiger partial charge in [-0.2, -0.15) is 40.4 Å². The number of amides is 2. The lowest BCUT2D eigenvalue weighted by Gasteiger charge is -2.36. The molecule has 0 radical (unpaired) electrons. The van der Waals surface area contributed by atoms with Gasteiger partial charge < -0.3 is 14.8 Å². The number of nitrogens with zero attached hydrogens (tertiary/aromatic N) is 1. The van der Waals surface area contributed by atoms with Crippen LogP contribution >= 0.6 is 15.9 Å². The van der Waals surface area contributed by atoms with Crippen molar-refractivity contribution >= 4 is 39.3 Å². The molecule has 0 aliphatic carbocycles. The van der Waals surface area contributed by atoms with Gasteiger partial charge in [-0.1, -0.05) is 22.0 Å². The molecule has 0 aromatic heterocycles. The van der Waals surface area contributed by atoms with Crippen LogP contribution in [0.4, 0.5) is 55.7 Å². The van der Waals surface area contributed by atoms with Crippen LogP contribution in [0.15, 0.2) is 30.3 Å². The Morgan fingerprint density at radius 2 is 1.62 bits per heavy atom. The summed E-state index contributed by atoms with van der Waals surface area (Å²) in [6.45, 7) is 0.228. The van der Waals surface area contributed by atoms with E-state index in [0.717, 1.165) is 32.2 Å². The maximum atomic E-state index is 15.1. The van der Waals surface area contributed by atoms with Gasteiger partial charge in [-0.3, -0.25) is 10.1 Å². The standard InChI is InChI=1S/C25H21BrF9N3O4/c1-13-8-17(22(27,24(30,31)32)23(28,29)25(33,34)35)9-16(12-41-2)19(13)38-20(39)14-4-5-15(11-36)18(10-14)37-21(40)42-7-3-6-26/h4-5,8-10H,3,6-7,12H2,1-2H3,(H,37,40)(H,38,39). The minimum absolute atomic E-state index is 0.0279. The van der Waals surface area contributed by atoms with E-state index in [-0.39, 0.29) is 41.2 Å². The van der Waals surface area contributed by atoms with Crippen molar-refractivity contribution in [1.82, 2.24) is 0 Å². The second kappa shape index (κ2) is 13.2. The molecule has 2 amide bonds. The number of ether oxygens (including phenoxy) is 2. The maximum Gasteiger partial charge on any atom is 0.457 e. The third kappa shape index (κ3) is 7.09. The Bertz CT molecular complexity index is 1360. The summed E-state index contributed by atoms with van der Waals surface area (Å²) in [7, 11) is 1.000. The number of anilines is 2. The number of aryl methyl sites for hydroxylation is 1. The van der Waals surface area contributed by atoms with E-state index in [9.17, 15) is 50.0 Å². The van der Waals surface area contributed by atoms with E-state index in [0.29, 0.717) is 11.8 Å². The summed E-state index contributed by atoms with van der Waals surface area (Å²) in [5, 5.41) is 14.4. The lowest BCUT2D eigenvalue weighted by atomic mass is 9.85. The highest BCUT2D eigenvalue weighted by Gasteiger charge is 2.81. The van der Waals surface area contributed by atoms with Crippen molar-refractivity contribution in [2.24, 2.45) is 0 Å². The van der Waals surface area contributed by atoms with E-state index in [2.05, 4.69) is 26.6 Å². The van der Waals surface area contributed by atoms with E-state index in [1.54, 1.807) is 6.07 Å². The van der Waals surface area contributed by atoms with Crippen molar-refractivity contribution in [1.29, 1.82) is 5.26 Å². The summed E-state index contributed by atoms with van der Waals surface area (Å²) in [5.74, 6) is -7.90. The highest BCUT2D eigenvalue weighted by Crippen LogP contribution is 2.58. The predicted molar refractivity (Wildman–Crippen MR) is 134 cm³/mol. The van der Waals surface area contributed by atoms with Crippen molar-refractivity contribution in [3.05, 3.63) is 58.1 Å². The van der Waals surface area contributed by atoms with Crippen LogP contribution in [-0.4, -0.2) is 49.3 Å². The fraction of sp³-hybridized carbons (Fsp3) is 0.400. The Kier molecular flexibility index (Phi) is 10.9. The molecule has 1 atom stereocenters. The lowest BCUT2D eigenvalue weighted by molar-refractivity contribution is -0.389. The molecule has 2 rings (SSSR count). The average molecular weight is 678 g/mol. The van der Waals surface area contributed by atoms with Crippen LogP contribution < -0.4 is 10.6 Å². The van der Waals surface area contributed by atoms with Crippen LogP contribution in [0.25, 0.3) is 0 Å². The number of halogens is 10. The maximum absolute atomic E-state index is 15.1. The smallest absolute Gasteiger partial charge is 0.449 e. The zero-order chi connectivity index (χ0) is 32.1. The first-order chi connectivity index (χ1) is 19.3. The predicted octanol–water partition coefficient (Wildman–Crippen LogP) is 7.52. The molecular formula is C25H21BrF9N3O4. The van der Waals surface area contributed by atoms with E-state index in [1.165, 1.54) is 0 Å². The van der Waals surface area contributed by atoms with Crippen molar-refractivity contribution < 1.29 is 58.6 Å². The number of nitrogens with one attached hydrogen (secondary N) is 2. The molecule has 2 aromatic carbocycles. The normalized spacial score (nSPS) is 13.6. The summed E-state index contributed by atoms with van der Waals surface area (Å²) in [4.78, 5) is 25.0. The number of nitriles is 1. The fourth-order valence-electron chi connectivity index (χ4n) is 3.66. The number of hydrogen-bond donors (Lipinski definition) is 2. The second-order valence-corrected chi connectivity index (χ2v) is 9.41. The topological polar surface area (TPSA) is 100 Å². The number of carbonyl (C=O) groups is 2. The van der Waals surface area contributed by atoms with Crippen molar-refractivity contribution in [3.8, 4) is 6.07 Å². The van der Waals surface area contributed by atoms with Crippen LogP contribution in [0.1, 0.15) is 39.0 Å². The fourth-order valence-corrected chi connectivity index (χ4v) is 3.89. The molecule has 0 spiro atoms. The van der Waals surface area contributed by atoms with Crippen molar-refractivity contribution in [3.63, 3.8) is 0 Å². The third-order valence-corrected chi connectivity index (χ3v) is 6.24. The first-order valence-corrected chi connectivity index (χ1v) is 12.7. The Balaban J connectivity index is 2.55. The first-order valence-electron chi connectivity index (χ1n) is 11.5. The zero-order valence-electron chi connectivity index (χ0n) is 21.6. The molecule has 42 heavy (non-hydrogen) atoms. The van der Waals surface area contributed by atoms with Gasteiger partial charge in [-0.25, -0.2) is 9.18 Å². The average Bonchev–Trinajstić information content (AvgIpc) is 2.88. The zero-order valence-corrected chi connectivity index (χ0v) is 23.2. The van der Waals surface area contributed by atoms with E-state index >= 15 is 4.39 Å². The largest absolute Gasteiger partial charge is 0.457 e. The van der Waals surface area contributed by atoms with E-state index in [1.807, 2.05) is 0 Å². The van der Waals surface area contributed by atoms with Gasteiger partial charge in [0, 0.05) is 34.8 Å². The quantitative estimate of drug-likeness (QED) is 0.154. The Hall–Kier alpha value is -3.52. The Morgan fingerprint density at radius 1 is 0.976 bits per heavy atom. The van der Waals surface area contributed by atoms with Gasteiger partial charge in [-0.15, -0.1) is 0 Å². The molecule has 0 aliphatic heterocycles. The molecule has 7 nitrogen and oxygen atoms in total. The molecule has 0 fully saturated rings. The van der Waals surface area contributed by atoms with Crippen LogP contribution in [0.3, 0.4) is 0 Å². The molecular weight excluding hydrogens is 657 g/mol. The first kappa shape index (κ1) is 34.7. The monoisotopic (exact) mass is 677 g/mol. The molecule has 2 N–H and O–H groups in total. The number of alkyl halides is 10. The van der Waals surface area contributed by atoms with E-state index < -0.39 is 59.2 Å². The molecule has 0 aliphatic rings. The number of benzene rings is 2. The van der Waals surface area contributed by atoms with Gasteiger partial charge in [0.1, 0.15) is 6.07 Å². The Labute approximate surface area is 241 Å². The van der Waals surface area contributed by atoms with E-state index in [4.69, 9.17) is 9.47 Å². The summed E-state index contributed by atoms with van der Waals surface area (Å²) in [6, 6.07) is 5.32. The molecule has 1 unspecified atom stereocenters. The van der Waals surface area contributed by atoms with Crippen molar-refractivity contribution in [2.45, 2.75) is 43.9 Å². The Morgan fingerprint density at radius 3 is 2.14 bits per heavy atom. The molecule has 0 saturated heterocycles. The highest BCUT2D eigenvalue weighted by molar-refractivity contribution is 9.09. The molecule has 17 heteroatoms. The third-order valence-electron chi connectivity index (χ3n) is 5.68. The molecule has 0 bridgehead atoms. The minimum atomic E-state index is -6.92.